The Morgan fingerprint density at radius 2 is 2.29 bits per heavy atom. The molecule has 0 radical (unpaired) electrons. The highest BCUT2D eigenvalue weighted by atomic mass is 19.1. The lowest BCUT2D eigenvalue weighted by atomic mass is 9.96. The third kappa shape index (κ3) is 4.03. The first-order valence-corrected chi connectivity index (χ1v) is 5.31. The fourth-order valence-electron chi connectivity index (χ4n) is 1.66. The third-order valence-corrected chi connectivity index (χ3v) is 2.54. The van der Waals surface area contributed by atoms with Crippen LogP contribution in [0.1, 0.15) is 12.0 Å². The van der Waals surface area contributed by atoms with E-state index in [1.807, 2.05) is 0 Å². The van der Waals surface area contributed by atoms with Gasteiger partial charge in [-0.15, -0.1) is 0 Å². The highest BCUT2D eigenvalue weighted by Crippen LogP contribution is 2.20. The van der Waals surface area contributed by atoms with Crippen LogP contribution in [0.25, 0.3) is 0 Å². The Kier molecular flexibility index (Phi) is 4.90. The van der Waals surface area contributed by atoms with Gasteiger partial charge < -0.3 is 15.6 Å². The van der Waals surface area contributed by atoms with Gasteiger partial charge in [0.25, 0.3) is 0 Å². The van der Waals surface area contributed by atoms with Gasteiger partial charge in [0.1, 0.15) is 0 Å². The zero-order valence-corrected chi connectivity index (χ0v) is 9.65. The smallest absolute Gasteiger partial charge is 0.303 e. The largest absolute Gasteiger partial charge is 0.494 e. The summed E-state index contributed by atoms with van der Waals surface area (Å²) in [5.41, 5.74) is 6.20. The van der Waals surface area contributed by atoms with Gasteiger partial charge >= 0.3 is 5.97 Å². The summed E-state index contributed by atoms with van der Waals surface area (Å²) in [5, 5.41) is 8.68. The van der Waals surface area contributed by atoms with E-state index in [0.29, 0.717) is 6.42 Å². The second kappa shape index (κ2) is 6.20. The number of carboxylic acids is 1. The van der Waals surface area contributed by atoms with E-state index in [-0.39, 0.29) is 24.6 Å². The van der Waals surface area contributed by atoms with Crippen LogP contribution in [0.4, 0.5) is 4.39 Å². The van der Waals surface area contributed by atoms with Gasteiger partial charge in [0.05, 0.1) is 7.11 Å². The lowest BCUT2D eigenvalue weighted by molar-refractivity contribution is -0.138. The molecule has 0 saturated carbocycles. The number of aliphatic carboxylic acids is 1. The fraction of sp³-hybridized carbons (Fsp3) is 0.417. The highest BCUT2D eigenvalue weighted by Gasteiger charge is 2.13. The number of nitrogens with two attached hydrogens (primary N) is 1. The summed E-state index contributed by atoms with van der Waals surface area (Å²) < 4.78 is 18.2. The molecular formula is C12H16FNO3. The van der Waals surface area contributed by atoms with Crippen molar-refractivity contribution in [2.24, 2.45) is 11.7 Å². The van der Waals surface area contributed by atoms with E-state index in [1.54, 1.807) is 6.07 Å². The van der Waals surface area contributed by atoms with Crippen LogP contribution in [0.3, 0.4) is 0 Å². The number of hydrogen-bond donors (Lipinski definition) is 2. The minimum atomic E-state index is -0.894. The second-order valence-corrected chi connectivity index (χ2v) is 3.87. The molecule has 17 heavy (non-hydrogen) atoms. The van der Waals surface area contributed by atoms with Crippen LogP contribution in [-0.4, -0.2) is 24.7 Å². The van der Waals surface area contributed by atoms with E-state index in [1.165, 1.54) is 19.2 Å². The Morgan fingerprint density at radius 3 is 2.76 bits per heavy atom. The number of rotatable bonds is 6. The number of carbonyl (C=O) groups is 1. The third-order valence-electron chi connectivity index (χ3n) is 2.54. The minimum absolute atomic E-state index is 0.00977. The molecule has 3 N–H and O–H groups in total. The molecule has 0 aliphatic heterocycles. The minimum Gasteiger partial charge on any atom is -0.494 e. The van der Waals surface area contributed by atoms with Crippen molar-refractivity contribution in [3.8, 4) is 5.75 Å². The highest BCUT2D eigenvalue weighted by molar-refractivity contribution is 5.67. The lowest BCUT2D eigenvalue weighted by Gasteiger charge is -2.12. The number of methoxy groups -OCH3 is 1. The average molecular weight is 241 g/mol. The van der Waals surface area contributed by atoms with Crippen molar-refractivity contribution in [2.75, 3.05) is 13.7 Å². The predicted octanol–water partition coefficient (Wildman–Crippen LogP) is 1.43. The van der Waals surface area contributed by atoms with Crippen molar-refractivity contribution in [1.82, 2.24) is 0 Å². The molecule has 4 nitrogen and oxygen atoms in total. The van der Waals surface area contributed by atoms with E-state index < -0.39 is 11.8 Å². The van der Waals surface area contributed by atoms with Crippen LogP contribution in [0.15, 0.2) is 18.2 Å². The molecule has 1 rings (SSSR count). The van der Waals surface area contributed by atoms with Gasteiger partial charge in [-0.05, 0) is 36.6 Å². The van der Waals surface area contributed by atoms with Crippen molar-refractivity contribution in [3.63, 3.8) is 0 Å². The molecule has 0 aliphatic carbocycles. The van der Waals surface area contributed by atoms with Gasteiger partial charge in [-0.2, -0.15) is 0 Å². The molecular weight excluding hydrogens is 225 g/mol. The number of carboxylic acid groups (broad SMARTS) is 1. The number of ether oxygens (including phenoxy) is 1. The van der Waals surface area contributed by atoms with E-state index in [4.69, 9.17) is 15.6 Å². The average Bonchev–Trinajstić information content (AvgIpc) is 2.27. The molecule has 0 aromatic heterocycles. The number of halogens is 1. The summed E-state index contributed by atoms with van der Waals surface area (Å²) in [7, 11) is 1.39. The normalized spacial score (nSPS) is 12.2. The molecule has 1 aromatic rings. The molecule has 0 aliphatic rings. The fourth-order valence-corrected chi connectivity index (χ4v) is 1.66. The van der Waals surface area contributed by atoms with E-state index in [2.05, 4.69) is 0 Å². The van der Waals surface area contributed by atoms with Crippen LogP contribution in [0.2, 0.25) is 0 Å². The Balaban J connectivity index is 2.73. The zero-order chi connectivity index (χ0) is 12.8. The molecule has 0 amide bonds. The van der Waals surface area contributed by atoms with Gasteiger partial charge in [-0.3, -0.25) is 4.79 Å². The SMILES string of the molecule is COc1ccc(CC(CN)CC(=O)O)cc1F. The van der Waals surface area contributed by atoms with Gasteiger partial charge in [-0.1, -0.05) is 6.07 Å². The summed E-state index contributed by atoms with van der Waals surface area (Å²) >= 11 is 0. The maximum absolute atomic E-state index is 13.4. The quantitative estimate of drug-likeness (QED) is 0.790. The van der Waals surface area contributed by atoms with Crippen LogP contribution < -0.4 is 10.5 Å². The summed E-state index contributed by atoms with van der Waals surface area (Å²) in [4.78, 5) is 10.6. The first-order chi connectivity index (χ1) is 8.06. The maximum atomic E-state index is 13.4. The van der Waals surface area contributed by atoms with Gasteiger partial charge in [-0.25, -0.2) is 4.39 Å². The van der Waals surface area contributed by atoms with Crippen molar-refractivity contribution >= 4 is 5.97 Å². The van der Waals surface area contributed by atoms with Crippen molar-refractivity contribution in [3.05, 3.63) is 29.6 Å². The predicted molar refractivity (Wildman–Crippen MR) is 61.5 cm³/mol. The first kappa shape index (κ1) is 13.4. The van der Waals surface area contributed by atoms with Crippen LogP contribution in [-0.2, 0) is 11.2 Å². The lowest BCUT2D eigenvalue weighted by Crippen LogP contribution is -2.20. The molecule has 1 unspecified atom stereocenters. The first-order valence-electron chi connectivity index (χ1n) is 5.31. The molecule has 1 aromatic carbocycles. The molecule has 0 heterocycles. The topological polar surface area (TPSA) is 72.5 Å². The monoisotopic (exact) mass is 241 g/mol. The van der Waals surface area contributed by atoms with Gasteiger partial charge in [0.15, 0.2) is 11.6 Å². The Morgan fingerprint density at radius 1 is 1.59 bits per heavy atom. The Labute approximate surface area is 99.2 Å². The molecule has 0 fully saturated rings. The maximum Gasteiger partial charge on any atom is 0.303 e. The van der Waals surface area contributed by atoms with Gasteiger partial charge in [0, 0.05) is 6.42 Å². The van der Waals surface area contributed by atoms with E-state index >= 15 is 0 Å². The summed E-state index contributed by atoms with van der Waals surface area (Å²) in [6, 6.07) is 4.59. The van der Waals surface area contributed by atoms with Crippen molar-refractivity contribution in [2.45, 2.75) is 12.8 Å². The van der Waals surface area contributed by atoms with Crippen molar-refractivity contribution < 1.29 is 19.0 Å². The Hall–Kier alpha value is -1.62. The second-order valence-electron chi connectivity index (χ2n) is 3.87. The molecule has 1 atom stereocenters. The summed E-state index contributed by atoms with van der Waals surface area (Å²) in [6.07, 6.45) is 0.438. The molecule has 0 bridgehead atoms. The number of hydrogen-bond acceptors (Lipinski definition) is 3. The van der Waals surface area contributed by atoms with Gasteiger partial charge in [0.2, 0.25) is 0 Å². The van der Waals surface area contributed by atoms with E-state index in [9.17, 15) is 9.18 Å². The molecule has 0 spiro atoms. The zero-order valence-electron chi connectivity index (χ0n) is 9.65. The molecule has 0 saturated heterocycles. The summed E-state index contributed by atoms with van der Waals surface area (Å²) in [5.74, 6) is -1.35. The van der Waals surface area contributed by atoms with Crippen molar-refractivity contribution in [1.29, 1.82) is 0 Å². The van der Waals surface area contributed by atoms with E-state index in [0.717, 1.165) is 5.56 Å². The number of benzene rings is 1. The molecule has 5 heteroatoms. The molecule has 94 valence electrons. The van der Waals surface area contributed by atoms with Crippen LogP contribution in [0, 0.1) is 11.7 Å². The standard InChI is InChI=1S/C12H16FNO3/c1-17-11-3-2-8(5-10(11)13)4-9(7-14)6-12(15)16/h2-3,5,9H,4,6-7,14H2,1H3,(H,15,16). The Bertz CT molecular complexity index is 395. The summed E-state index contributed by atoms with van der Waals surface area (Å²) in [6.45, 7) is 0.264. The van der Waals surface area contributed by atoms with Crippen LogP contribution >= 0.6 is 0 Å². The van der Waals surface area contributed by atoms with Crippen LogP contribution in [0.5, 0.6) is 5.75 Å².